The molecule has 0 radical (unpaired) electrons. The van der Waals surface area contributed by atoms with Crippen molar-refractivity contribution in [3.05, 3.63) is 84.7 Å². The molecule has 0 aliphatic rings. The van der Waals surface area contributed by atoms with Crippen molar-refractivity contribution in [2.45, 2.75) is 18.9 Å². The molecule has 0 spiro atoms. The third kappa shape index (κ3) is 4.67. The van der Waals surface area contributed by atoms with Gasteiger partial charge in [-0.25, -0.2) is 4.79 Å². The summed E-state index contributed by atoms with van der Waals surface area (Å²) >= 11 is 0. The van der Waals surface area contributed by atoms with Gasteiger partial charge in [-0.1, -0.05) is 48.5 Å². The van der Waals surface area contributed by atoms with Crippen LogP contribution in [0.2, 0.25) is 0 Å². The van der Waals surface area contributed by atoms with Crippen LogP contribution >= 0.6 is 0 Å². The minimum atomic E-state index is -0.952. The summed E-state index contributed by atoms with van der Waals surface area (Å²) in [5.74, 6) is -0.402. The van der Waals surface area contributed by atoms with Gasteiger partial charge >= 0.3 is 5.97 Å². The van der Waals surface area contributed by atoms with Crippen molar-refractivity contribution in [1.29, 1.82) is 0 Å². The summed E-state index contributed by atoms with van der Waals surface area (Å²) in [5, 5.41) is 9.41. The number of carboxylic acid groups (broad SMARTS) is 1. The number of hydrogen-bond acceptors (Lipinski definition) is 3. The molecule has 0 saturated heterocycles. The maximum atomic E-state index is 11.5. The summed E-state index contributed by atoms with van der Waals surface area (Å²) in [6.07, 6.45) is 3.72. The average molecular weight is 333 g/mol. The van der Waals surface area contributed by atoms with Gasteiger partial charge in [-0.3, -0.25) is 4.98 Å². The molecule has 25 heavy (non-hydrogen) atoms. The number of ether oxygens (including phenoxy) is 1. The van der Waals surface area contributed by atoms with Crippen LogP contribution in [0.1, 0.15) is 12.0 Å². The van der Waals surface area contributed by atoms with Crippen LogP contribution in [0.25, 0.3) is 11.1 Å². The first-order chi connectivity index (χ1) is 12.2. The van der Waals surface area contributed by atoms with Gasteiger partial charge in [0.25, 0.3) is 0 Å². The van der Waals surface area contributed by atoms with Crippen molar-refractivity contribution in [3.8, 4) is 16.9 Å². The van der Waals surface area contributed by atoms with E-state index in [1.165, 1.54) is 0 Å². The van der Waals surface area contributed by atoms with Crippen molar-refractivity contribution in [2.24, 2.45) is 0 Å². The molecule has 0 aliphatic carbocycles. The lowest BCUT2D eigenvalue weighted by molar-refractivity contribution is -0.145. The van der Waals surface area contributed by atoms with Crippen LogP contribution in [0, 0.1) is 0 Å². The van der Waals surface area contributed by atoms with Crippen molar-refractivity contribution in [2.75, 3.05) is 0 Å². The summed E-state index contributed by atoms with van der Waals surface area (Å²) in [7, 11) is 0. The molecule has 0 amide bonds. The number of benzene rings is 2. The third-order valence-electron chi connectivity index (χ3n) is 3.94. The monoisotopic (exact) mass is 333 g/mol. The molecular weight excluding hydrogens is 314 g/mol. The van der Waals surface area contributed by atoms with Crippen LogP contribution in [0.3, 0.4) is 0 Å². The number of aryl methyl sites for hydroxylation is 1. The van der Waals surface area contributed by atoms with E-state index in [1.54, 1.807) is 24.5 Å². The van der Waals surface area contributed by atoms with E-state index < -0.39 is 12.1 Å². The van der Waals surface area contributed by atoms with Gasteiger partial charge < -0.3 is 9.84 Å². The zero-order valence-electron chi connectivity index (χ0n) is 13.7. The Hall–Kier alpha value is -3.14. The van der Waals surface area contributed by atoms with Crippen molar-refractivity contribution in [1.82, 2.24) is 4.98 Å². The fourth-order valence-corrected chi connectivity index (χ4v) is 2.60. The third-order valence-corrected chi connectivity index (χ3v) is 3.94. The molecule has 1 heterocycles. The lowest BCUT2D eigenvalue weighted by Gasteiger charge is -2.15. The molecule has 3 aromatic rings. The minimum absolute atomic E-state index is 0.420. The second kappa shape index (κ2) is 8.11. The summed E-state index contributed by atoms with van der Waals surface area (Å²) in [6, 6.07) is 21.1. The molecule has 0 saturated carbocycles. The SMILES string of the molecule is O=C(O)[C@H](CCc1ccccc1)Oc1ccc(-c2cccnc2)cc1. The maximum Gasteiger partial charge on any atom is 0.344 e. The van der Waals surface area contributed by atoms with E-state index in [2.05, 4.69) is 4.98 Å². The van der Waals surface area contributed by atoms with E-state index in [9.17, 15) is 9.90 Å². The topological polar surface area (TPSA) is 59.4 Å². The van der Waals surface area contributed by atoms with E-state index in [-0.39, 0.29) is 0 Å². The maximum absolute atomic E-state index is 11.5. The summed E-state index contributed by atoms with van der Waals surface area (Å²) in [6.45, 7) is 0. The van der Waals surface area contributed by atoms with Crippen molar-refractivity contribution < 1.29 is 14.6 Å². The quantitative estimate of drug-likeness (QED) is 0.703. The second-order valence-electron chi connectivity index (χ2n) is 5.74. The molecule has 1 aromatic heterocycles. The molecular formula is C21H19NO3. The van der Waals surface area contributed by atoms with E-state index in [4.69, 9.17) is 4.74 Å². The Morgan fingerprint density at radius 2 is 1.72 bits per heavy atom. The Labute approximate surface area is 146 Å². The highest BCUT2D eigenvalue weighted by Gasteiger charge is 2.19. The highest BCUT2D eigenvalue weighted by molar-refractivity contribution is 5.73. The number of carbonyl (C=O) groups is 1. The Balaban J connectivity index is 1.65. The van der Waals surface area contributed by atoms with Gasteiger partial charge in [0.2, 0.25) is 0 Å². The average Bonchev–Trinajstić information content (AvgIpc) is 2.67. The highest BCUT2D eigenvalue weighted by atomic mass is 16.5. The molecule has 0 aliphatic heterocycles. The lowest BCUT2D eigenvalue weighted by Crippen LogP contribution is -2.27. The molecule has 4 nitrogen and oxygen atoms in total. The fourth-order valence-electron chi connectivity index (χ4n) is 2.60. The molecule has 1 N–H and O–H groups in total. The number of rotatable bonds is 7. The Bertz CT molecular complexity index is 802. The van der Waals surface area contributed by atoms with Crippen LogP contribution in [0.15, 0.2) is 79.1 Å². The molecule has 3 rings (SSSR count). The summed E-state index contributed by atoms with van der Waals surface area (Å²) < 4.78 is 5.67. The van der Waals surface area contributed by atoms with Crippen LogP contribution < -0.4 is 4.74 Å². The first-order valence-electron chi connectivity index (χ1n) is 8.16. The van der Waals surface area contributed by atoms with Crippen LogP contribution in [-0.2, 0) is 11.2 Å². The lowest BCUT2D eigenvalue weighted by atomic mass is 10.1. The molecule has 0 unspecified atom stereocenters. The molecule has 0 fully saturated rings. The molecule has 1 atom stereocenters. The first-order valence-corrected chi connectivity index (χ1v) is 8.16. The Morgan fingerprint density at radius 1 is 0.960 bits per heavy atom. The van der Waals surface area contributed by atoms with Gasteiger partial charge in [0.05, 0.1) is 0 Å². The van der Waals surface area contributed by atoms with E-state index in [0.717, 1.165) is 16.7 Å². The van der Waals surface area contributed by atoms with Gasteiger partial charge in [0.1, 0.15) is 5.75 Å². The number of carboxylic acids is 1. The highest BCUT2D eigenvalue weighted by Crippen LogP contribution is 2.22. The largest absolute Gasteiger partial charge is 0.479 e. The van der Waals surface area contributed by atoms with Crippen LogP contribution in [-0.4, -0.2) is 22.2 Å². The predicted molar refractivity (Wildman–Crippen MR) is 96.5 cm³/mol. The van der Waals surface area contributed by atoms with Gasteiger partial charge in [-0.2, -0.15) is 0 Å². The standard InChI is InChI=1S/C21H19NO3/c23-21(24)20(13-8-16-5-2-1-3-6-16)25-19-11-9-17(10-12-19)18-7-4-14-22-15-18/h1-7,9-12,14-15,20H,8,13H2,(H,23,24)/t20-/m0/s1. The normalized spacial score (nSPS) is 11.7. The van der Waals surface area contributed by atoms with Gasteiger partial charge in [0.15, 0.2) is 6.10 Å². The predicted octanol–water partition coefficient (Wildman–Crippen LogP) is 4.21. The van der Waals surface area contributed by atoms with Crippen molar-refractivity contribution in [3.63, 3.8) is 0 Å². The number of pyridine rings is 1. The number of hydrogen-bond donors (Lipinski definition) is 1. The van der Waals surface area contributed by atoms with E-state index in [1.807, 2.05) is 54.6 Å². The Morgan fingerprint density at radius 3 is 2.36 bits per heavy atom. The van der Waals surface area contributed by atoms with Gasteiger partial charge in [-0.05, 0) is 47.7 Å². The zero-order valence-corrected chi connectivity index (χ0v) is 13.7. The van der Waals surface area contributed by atoms with Crippen LogP contribution in [0.5, 0.6) is 5.75 Å². The molecule has 4 heteroatoms. The Kier molecular flexibility index (Phi) is 5.42. The summed E-state index contributed by atoms with van der Waals surface area (Å²) in [4.78, 5) is 15.6. The minimum Gasteiger partial charge on any atom is -0.479 e. The molecule has 0 bridgehead atoms. The van der Waals surface area contributed by atoms with E-state index >= 15 is 0 Å². The van der Waals surface area contributed by atoms with Gasteiger partial charge in [-0.15, -0.1) is 0 Å². The van der Waals surface area contributed by atoms with Crippen LogP contribution in [0.4, 0.5) is 0 Å². The second-order valence-corrected chi connectivity index (χ2v) is 5.74. The van der Waals surface area contributed by atoms with Crippen molar-refractivity contribution >= 4 is 5.97 Å². The van der Waals surface area contributed by atoms with Gasteiger partial charge in [0, 0.05) is 12.4 Å². The molecule has 126 valence electrons. The fraction of sp³-hybridized carbons (Fsp3) is 0.143. The summed E-state index contributed by atoms with van der Waals surface area (Å²) in [5.41, 5.74) is 3.12. The zero-order chi connectivity index (χ0) is 17.5. The van der Waals surface area contributed by atoms with E-state index in [0.29, 0.717) is 18.6 Å². The smallest absolute Gasteiger partial charge is 0.344 e. The molecule has 2 aromatic carbocycles. The number of nitrogens with zero attached hydrogens (tertiary/aromatic N) is 1. The number of aromatic nitrogens is 1. The number of aliphatic carboxylic acids is 1. The first kappa shape index (κ1) is 16.7.